The molecular weight excluding hydrogens is 430 g/mol. The Hall–Kier alpha value is -3.59. The van der Waals surface area contributed by atoms with Gasteiger partial charge < -0.3 is 15.4 Å². The van der Waals surface area contributed by atoms with E-state index in [9.17, 15) is 19.2 Å². The van der Waals surface area contributed by atoms with Gasteiger partial charge >= 0.3 is 0 Å². The Kier molecular flexibility index (Phi) is 6.27. The van der Waals surface area contributed by atoms with Crippen LogP contribution in [-0.2, 0) is 27.3 Å². The molecule has 1 saturated heterocycles. The number of amides is 4. The van der Waals surface area contributed by atoms with Crippen molar-refractivity contribution in [1.29, 1.82) is 0 Å². The van der Waals surface area contributed by atoms with Crippen molar-refractivity contribution in [3.8, 4) is 5.75 Å². The van der Waals surface area contributed by atoms with Crippen molar-refractivity contribution in [2.45, 2.75) is 13.0 Å². The van der Waals surface area contributed by atoms with Crippen LogP contribution in [-0.4, -0.2) is 52.5 Å². The van der Waals surface area contributed by atoms with Crippen LogP contribution in [0.5, 0.6) is 5.75 Å². The second-order valence-corrected chi connectivity index (χ2v) is 8.39. The zero-order valence-corrected chi connectivity index (χ0v) is 18.0. The molecule has 0 aliphatic carbocycles. The Morgan fingerprint density at radius 1 is 1.06 bits per heavy atom. The zero-order valence-electron chi connectivity index (χ0n) is 17.2. The fraction of sp³-hybridized carbons (Fsp3) is 0.217. The number of fused-ring (bicyclic) bond motifs is 1. The number of rotatable bonds is 6. The molecule has 0 unspecified atom stereocenters. The van der Waals surface area contributed by atoms with Crippen molar-refractivity contribution in [2.24, 2.45) is 5.73 Å². The van der Waals surface area contributed by atoms with Crippen molar-refractivity contribution in [1.82, 2.24) is 9.80 Å². The number of ether oxygens (including phenoxy) is 1. The molecule has 4 rings (SSSR count). The Bertz CT molecular complexity index is 1130. The van der Waals surface area contributed by atoms with Crippen molar-refractivity contribution in [3.63, 3.8) is 0 Å². The van der Waals surface area contributed by atoms with Gasteiger partial charge in [-0.2, -0.15) is 0 Å². The highest BCUT2D eigenvalue weighted by molar-refractivity contribution is 8.18. The van der Waals surface area contributed by atoms with Crippen LogP contribution in [0.1, 0.15) is 16.7 Å². The Morgan fingerprint density at radius 2 is 1.78 bits per heavy atom. The van der Waals surface area contributed by atoms with Gasteiger partial charge in [0.25, 0.3) is 17.1 Å². The molecular formula is C23H21N3O5S. The standard InChI is InChI=1S/C23H21N3O5S/c24-20(27)14-31-18-8-4-3-6-16(18)11-19-22(29)26(23(30)32-19)13-21(28)25-10-9-15-5-1-2-7-17(15)12-25/h1-8,11H,9-10,12-14H2,(H2,24,27)/b19-11-. The van der Waals surface area contributed by atoms with Gasteiger partial charge in [0.15, 0.2) is 6.61 Å². The van der Waals surface area contributed by atoms with Crippen LogP contribution >= 0.6 is 11.8 Å². The van der Waals surface area contributed by atoms with E-state index in [0.29, 0.717) is 24.4 Å². The second-order valence-electron chi connectivity index (χ2n) is 7.39. The Morgan fingerprint density at radius 3 is 2.56 bits per heavy atom. The first-order chi connectivity index (χ1) is 15.4. The first-order valence-electron chi connectivity index (χ1n) is 10.0. The summed E-state index contributed by atoms with van der Waals surface area (Å²) in [7, 11) is 0. The van der Waals surface area contributed by atoms with Crippen LogP contribution in [0.4, 0.5) is 4.79 Å². The number of para-hydroxylation sites is 1. The highest BCUT2D eigenvalue weighted by atomic mass is 32.2. The minimum Gasteiger partial charge on any atom is -0.483 e. The number of primary amides is 1. The monoisotopic (exact) mass is 451 g/mol. The Labute approximate surface area is 189 Å². The van der Waals surface area contributed by atoms with Gasteiger partial charge in [0.2, 0.25) is 5.91 Å². The first kappa shape index (κ1) is 21.6. The molecule has 32 heavy (non-hydrogen) atoms. The molecule has 2 aromatic carbocycles. The number of nitrogens with two attached hydrogens (primary N) is 1. The molecule has 4 amide bonds. The quantitative estimate of drug-likeness (QED) is 0.674. The number of hydrogen-bond donors (Lipinski definition) is 1. The van der Waals surface area contributed by atoms with Gasteiger partial charge in [0.1, 0.15) is 12.3 Å². The molecule has 8 nitrogen and oxygen atoms in total. The van der Waals surface area contributed by atoms with Crippen molar-refractivity contribution >= 4 is 40.8 Å². The fourth-order valence-corrected chi connectivity index (χ4v) is 4.43. The maximum Gasteiger partial charge on any atom is 0.294 e. The summed E-state index contributed by atoms with van der Waals surface area (Å²) in [6.45, 7) is 0.405. The van der Waals surface area contributed by atoms with Crippen LogP contribution in [0.3, 0.4) is 0 Å². The molecule has 2 aliphatic heterocycles. The molecule has 2 heterocycles. The van der Waals surface area contributed by atoms with Crippen LogP contribution < -0.4 is 10.5 Å². The maximum absolute atomic E-state index is 12.8. The summed E-state index contributed by atoms with van der Waals surface area (Å²) in [6.07, 6.45) is 2.26. The lowest BCUT2D eigenvalue weighted by molar-refractivity contribution is -0.136. The van der Waals surface area contributed by atoms with Gasteiger partial charge in [-0.1, -0.05) is 42.5 Å². The number of carbonyl (C=O) groups is 4. The summed E-state index contributed by atoms with van der Waals surface area (Å²) in [5, 5.41) is -0.498. The van der Waals surface area contributed by atoms with Crippen LogP contribution in [0.15, 0.2) is 53.4 Å². The third-order valence-electron chi connectivity index (χ3n) is 5.23. The molecule has 0 spiro atoms. The zero-order chi connectivity index (χ0) is 22.7. The van der Waals surface area contributed by atoms with E-state index in [0.717, 1.165) is 28.6 Å². The fourth-order valence-electron chi connectivity index (χ4n) is 3.60. The molecule has 0 atom stereocenters. The SMILES string of the molecule is NC(=O)COc1ccccc1/C=C1\SC(=O)N(CC(=O)N2CCc3ccccc3C2)C1=O. The number of hydrogen-bond acceptors (Lipinski definition) is 6. The summed E-state index contributed by atoms with van der Waals surface area (Å²) in [4.78, 5) is 51.9. The van der Waals surface area contributed by atoms with Crippen LogP contribution in [0.2, 0.25) is 0 Å². The number of benzene rings is 2. The molecule has 0 bridgehead atoms. The molecule has 2 N–H and O–H groups in total. The van der Waals surface area contributed by atoms with E-state index in [2.05, 4.69) is 0 Å². The largest absolute Gasteiger partial charge is 0.483 e. The van der Waals surface area contributed by atoms with Gasteiger partial charge in [-0.15, -0.1) is 0 Å². The average Bonchev–Trinajstić information content (AvgIpc) is 3.05. The third kappa shape index (κ3) is 4.67. The molecule has 2 aliphatic rings. The normalized spacial score (nSPS) is 16.9. The number of carbonyl (C=O) groups excluding carboxylic acids is 4. The molecule has 1 fully saturated rings. The minimum absolute atomic E-state index is 0.182. The summed E-state index contributed by atoms with van der Waals surface area (Å²) in [5.74, 6) is -1.07. The van der Waals surface area contributed by atoms with Crippen molar-refractivity contribution < 1.29 is 23.9 Å². The molecule has 2 aromatic rings. The predicted octanol–water partition coefficient (Wildman–Crippen LogP) is 2.17. The lowest BCUT2D eigenvalue weighted by Crippen LogP contribution is -2.44. The smallest absolute Gasteiger partial charge is 0.294 e. The van der Waals surface area contributed by atoms with E-state index in [1.54, 1.807) is 29.2 Å². The molecule has 0 radical (unpaired) electrons. The highest BCUT2D eigenvalue weighted by Gasteiger charge is 2.37. The van der Waals surface area contributed by atoms with Crippen LogP contribution in [0.25, 0.3) is 6.08 Å². The average molecular weight is 452 g/mol. The predicted molar refractivity (Wildman–Crippen MR) is 119 cm³/mol. The number of imide groups is 1. The van der Waals surface area contributed by atoms with Gasteiger partial charge in [-0.25, -0.2) is 0 Å². The molecule has 164 valence electrons. The van der Waals surface area contributed by atoms with Gasteiger partial charge in [-0.05, 0) is 41.5 Å². The van der Waals surface area contributed by atoms with Crippen molar-refractivity contribution in [2.75, 3.05) is 19.7 Å². The van der Waals surface area contributed by atoms with E-state index in [-0.39, 0.29) is 24.0 Å². The van der Waals surface area contributed by atoms with Gasteiger partial charge in [0.05, 0.1) is 4.91 Å². The number of thioether (sulfide) groups is 1. The van der Waals surface area contributed by atoms with E-state index in [1.165, 1.54) is 11.6 Å². The van der Waals surface area contributed by atoms with Crippen LogP contribution in [0, 0.1) is 0 Å². The maximum atomic E-state index is 12.8. The highest BCUT2D eigenvalue weighted by Crippen LogP contribution is 2.34. The minimum atomic E-state index is -0.626. The van der Waals surface area contributed by atoms with E-state index >= 15 is 0 Å². The van der Waals surface area contributed by atoms with Gasteiger partial charge in [-0.3, -0.25) is 24.1 Å². The summed E-state index contributed by atoms with van der Waals surface area (Å²) >= 11 is 0.768. The third-order valence-corrected chi connectivity index (χ3v) is 6.13. The molecule has 0 saturated carbocycles. The first-order valence-corrected chi connectivity index (χ1v) is 10.8. The van der Waals surface area contributed by atoms with E-state index in [4.69, 9.17) is 10.5 Å². The van der Waals surface area contributed by atoms with E-state index in [1.807, 2.05) is 24.3 Å². The lowest BCUT2D eigenvalue weighted by atomic mass is 10.00. The second kappa shape index (κ2) is 9.27. The molecule has 9 heteroatoms. The summed E-state index contributed by atoms with van der Waals surface area (Å²) < 4.78 is 5.37. The van der Waals surface area contributed by atoms with Crippen molar-refractivity contribution in [3.05, 3.63) is 70.1 Å². The van der Waals surface area contributed by atoms with E-state index < -0.39 is 17.1 Å². The molecule has 0 aromatic heterocycles. The summed E-state index contributed by atoms with van der Waals surface area (Å²) in [5.41, 5.74) is 7.94. The Balaban J connectivity index is 1.46. The topological polar surface area (TPSA) is 110 Å². The lowest BCUT2D eigenvalue weighted by Gasteiger charge is -2.29. The van der Waals surface area contributed by atoms with Gasteiger partial charge in [0, 0.05) is 18.7 Å². The number of nitrogens with zero attached hydrogens (tertiary/aromatic N) is 2. The summed E-state index contributed by atoms with van der Waals surface area (Å²) in [6, 6.07) is 14.7.